The first-order valence-electron chi connectivity index (χ1n) is 6.33. The first-order chi connectivity index (χ1) is 9.26. The number of nitrogens with zero attached hydrogens (tertiary/aromatic N) is 2. The molecule has 0 spiro atoms. The number of rotatable bonds is 4. The van der Waals surface area contributed by atoms with Gasteiger partial charge >= 0.3 is 0 Å². The fourth-order valence-electron chi connectivity index (χ4n) is 2.12. The van der Waals surface area contributed by atoms with Gasteiger partial charge < -0.3 is 10.6 Å². The standard InChI is InChI=1S/C16H17N3/c1-2-19(16-10-6-5-9-15(16)18)12-14-8-4-3-7-13(14)11-17/h3-10H,2,12,18H2,1H3. The molecule has 0 unspecified atom stereocenters. The maximum atomic E-state index is 9.14. The third-order valence-corrected chi connectivity index (χ3v) is 3.16. The molecule has 0 amide bonds. The SMILES string of the molecule is CCN(Cc1ccccc1C#N)c1ccccc1N. The molecule has 0 aliphatic carbocycles. The molecule has 0 fully saturated rings. The zero-order valence-corrected chi connectivity index (χ0v) is 11.0. The Morgan fingerprint density at radius 2 is 1.79 bits per heavy atom. The summed E-state index contributed by atoms with van der Waals surface area (Å²) in [6.07, 6.45) is 0. The molecular formula is C16H17N3. The number of nitrogen functional groups attached to an aromatic ring is 1. The van der Waals surface area contributed by atoms with E-state index in [2.05, 4.69) is 17.9 Å². The molecule has 2 aromatic rings. The van der Waals surface area contributed by atoms with E-state index in [-0.39, 0.29) is 0 Å². The van der Waals surface area contributed by atoms with Crippen LogP contribution in [-0.2, 0) is 6.54 Å². The van der Waals surface area contributed by atoms with Gasteiger partial charge in [-0.1, -0.05) is 30.3 Å². The molecular weight excluding hydrogens is 234 g/mol. The molecule has 3 heteroatoms. The second kappa shape index (κ2) is 5.92. The topological polar surface area (TPSA) is 53.0 Å². The van der Waals surface area contributed by atoms with Gasteiger partial charge in [0.2, 0.25) is 0 Å². The third-order valence-electron chi connectivity index (χ3n) is 3.16. The summed E-state index contributed by atoms with van der Waals surface area (Å²) in [4.78, 5) is 2.17. The van der Waals surface area contributed by atoms with Crippen LogP contribution < -0.4 is 10.6 Å². The summed E-state index contributed by atoms with van der Waals surface area (Å²) in [6.45, 7) is 3.61. The average Bonchev–Trinajstić information content (AvgIpc) is 2.46. The molecule has 2 rings (SSSR count). The van der Waals surface area contributed by atoms with Crippen LogP contribution in [0.1, 0.15) is 18.1 Å². The highest BCUT2D eigenvalue weighted by molar-refractivity contribution is 5.67. The number of para-hydroxylation sites is 2. The predicted octanol–water partition coefficient (Wildman–Crippen LogP) is 3.17. The number of anilines is 2. The summed E-state index contributed by atoms with van der Waals surface area (Å²) in [5.41, 5.74) is 9.53. The Balaban J connectivity index is 2.30. The van der Waals surface area contributed by atoms with Crippen LogP contribution in [-0.4, -0.2) is 6.54 Å². The fourth-order valence-corrected chi connectivity index (χ4v) is 2.12. The first-order valence-corrected chi connectivity index (χ1v) is 6.33. The summed E-state index contributed by atoms with van der Waals surface area (Å²) >= 11 is 0. The van der Waals surface area contributed by atoms with Crippen LogP contribution in [0.3, 0.4) is 0 Å². The van der Waals surface area contributed by atoms with Crippen LogP contribution in [0.15, 0.2) is 48.5 Å². The van der Waals surface area contributed by atoms with Crippen molar-refractivity contribution in [3.05, 3.63) is 59.7 Å². The van der Waals surface area contributed by atoms with Crippen molar-refractivity contribution in [1.82, 2.24) is 0 Å². The Kier molecular flexibility index (Phi) is 4.04. The molecule has 2 N–H and O–H groups in total. The molecule has 2 aromatic carbocycles. The van der Waals surface area contributed by atoms with Crippen molar-refractivity contribution in [1.29, 1.82) is 5.26 Å². The molecule has 0 saturated carbocycles. The lowest BCUT2D eigenvalue weighted by Crippen LogP contribution is -2.23. The Hall–Kier alpha value is -2.47. The van der Waals surface area contributed by atoms with Gasteiger partial charge in [0, 0.05) is 13.1 Å². The first kappa shape index (κ1) is 13.0. The van der Waals surface area contributed by atoms with Crippen molar-refractivity contribution in [3.63, 3.8) is 0 Å². The van der Waals surface area contributed by atoms with Gasteiger partial charge in [-0.15, -0.1) is 0 Å². The van der Waals surface area contributed by atoms with E-state index >= 15 is 0 Å². The largest absolute Gasteiger partial charge is 0.397 e. The van der Waals surface area contributed by atoms with Crippen molar-refractivity contribution in [3.8, 4) is 6.07 Å². The van der Waals surface area contributed by atoms with E-state index in [9.17, 15) is 0 Å². The molecule has 0 bridgehead atoms. The van der Waals surface area contributed by atoms with Crippen molar-refractivity contribution in [2.24, 2.45) is 0 Å². The van der Waals surface area contributed by atoms with Gasteiger partial charge in [0.05, 0.1) is 23.0 Å². The molecule has 0 radical (unpaired) electrons. The van der Waals surface area contributed by atoms with Crippen LogP contribution in [0.25, 0.3) is 0 Å². The average molecular weight is 251 g/mol. The van der Waals surface area contributed by atoms with Crippen molar-refractivity contribution >= 4 is 11.4 Å². The number of nitriles is 1. The highest BCUT2D eigenvalue weighted by atomic mass is 15.1. The number of benzene rings is 2. The van der Waals surface area contributed by atoms with E-state index in [1.807, 2.05) is 48.5 Å². The number of hydrogen-bond acceptors (Lipinski definition) is 3. The Morgan fingerprint density at radius 3 is 2.47 bits per heavy atom. The summed E-state index contributed by atoms with van der Waals surface area (Å²) in [5.74, 6) is 0. The maximum absolute atomic E-state index is 9.14. The van der Waals surface area contributed by atoms with E-state index < -0.39 is 0 Å². The molecule has 0 aliphatic heterocycles. The number of nitrogens with two attached hydrogens (primary N) is 1. The molecule has 0 atom stereocenters. The fraction of sp³-hybridized carbons (Fsp3) is 0.188. The summed E-state index contributed by atoms with van der Waals surface area (Å²) < 4.78 is 0. The molecule has 0 heterocycles. The minimum atomic E-state index is 0.689. The lowest BCUT2D eigenvalue weighted by Gasteiger charge is -2.25. The van der Waals surface area contributed by atoms with E-state index in [1.54, 1.807) is 0 Å². The second-order valence-corrected chi connectivity index (χ2v) is 4.34. The molecule has 0 aliphatic rings. The summed E-state index contributed by atoms with van der Waals surface area (Å²) in [6, 6.07) is 17.7. The van der Waals surface area contributed by atoms with Gasteiger partial charge in [0.25, 0.3) is 0 Å². The summed E-state index contributed by atoms with van der Waals surface area (Å²) in [7, 11) is 0. The van der Waals surface area contributed by atoms with Crippen LogP contribution in [0.5, 0.6) is 0 Å². The minimum absolute atomic E-state index is 0.689. The Morgan fingerprint density at radius 1 is 1.11 bits per heavy atom. The second-order valence-electron chi connectivity index (χ2n) is 4.34. The third kappa shape index (κ3) is 2.86. The lowest BCUT2D eigenvalue weighted by atomic mass is 10.1. The highest BCUT2D eigenvalue weighted by Crippen LogP contribution is 2.24. The number of hydrogen-bond donors (Lipinski definition) is 1. The van der Waals surface area contributed by atoms with Gasteiger partial charge in [-0.3, -0.25) is 0 Å². The Bertz CT molecular complexity index is 599. The van der Waals surface area contributed by atoms with Gasteiger partial charge in [0.15, 0.2) is 0 Å². The summed E-state index contributed by atoms with van der Waals surface area (Å²) in [5, 5.41) is 9.14. The van der Waals surface area contributed by atoms with Crippen LogP contribution in [0.4, 0.5) is 11.4 Å². The zero-order valence-electron chi connectivity index (χ0n) is 11.0. The van der Waals surface area contributed by atoms with Crippen molar-refractivity contribution < 1.29 is 0 Å². The normalized spacial score (nSPS) is 9.89. The van der Waals surface area contributed by atoms with E-state index in [0.717, 1.165) is 29.0 Å². The van der Waals surface area contributed by atoms with Gasteiger partial charge in [0.1, 0.15) is 0 Å². The highest BCUT2D eigenvalue weighted by Gasteiger charge is 2.10. The predicted molar refractivity (Wildman–Crippen MR) is 78.7 cm³/mol. The van der Waals surface area contributed by atoms with Crippen molar-refractivity contribution in [2.45, 2.75) is 13.5 Å². The van der Waals surface area contributed by atoms with Crippen LogP contribution in [0, 0.1) is 11.3 Å². The minimum Gasteiger partial charge on any atom is -0.397 e. The molecule has 96 valence electrons. The van der Waals surface area contributed by atoms with Crippen LogP contribution >= 0.6 is 0 Å². The van der Waals surface area contributed by atoms with Gasteiger partial charge in [-0.05, 0) is 30.7 Å². The molecule has 0 saturated heterocycles. The van der Waals surface area contributed by atoms with Crippen molar-refractivity contribution in [2.75, 3.05) is 17.2 Å². The van der Waals surface area contributed by atoms with Gasteiger partial charge in [-0.2, -0.15) is 5.26 Å². The monoisotopic (exact) mass is 251 g/mol. The van der Waals surface area contributed by atoms with Gasteiger partial charge in [-0.25, -0.2) is 0 Å². The lowest BCUT2D eigenvalue weighted by molar-refractivity contribution is 0.831. The van der Waals surface area contributed by atoms with Crippen LogP contribution in [0.2, 0.25) is 0 Å². The maximum Gasteiger partial charge on any atom is 0.0995 e. The molecule has 0 aromatic heterocycles. The van der Waals surface area contributed by atoms with E-state index in [1.165, 1.54) is 0 Å². The van der Waals surface area contributed by atoms with E-state index in [0.29, 0.717) is 6.54 Å². The molecule has 3 nitrogen and oxygen atoms in total. The van der Waals surface area contributed by atoms with E-state index in [4.69, 9.17) is 11.0 Å². The zero-order chi connectivity index (χ0) is 13.7. The quantitative estimate of drug-likeness (QED) is 0.849. The smallest absolute Gasteiger partial charge is 0.0995 e. The Labute approximate surface area is 113 Å². The molecule has 19 heavy (non-hydrogen) atoms.